The van der Waals surface area contributed by atoms with Crippen molar-refractivity contribution in [2.75, 3.05) is 59.0 Å². The third-order valence-electron chi connectivity index (χ3n) is 13.7. The molecule has 18 heteroatoms. The zero-order valence-corrected chi connectivity index (χ0v) is 43.8. The van der Waals surface area contributed by atoms with Crippen LogP contribution in [-0.4, -0.2) is 151 Å². The molecule has 4 heterocycles. The number of benzene rings is 2. The van der Waals surface area contributed by atoms with Gasteiger partial charge in [0.25, 0.3) is 0 Å². The van der Waals surface area contributed by atoms with E-state index in [4.69, 9.17) is 14.2 Å². The molecule has 6 rings (SSSR count). The minimum absolute atomic E-state index is 0.0593. The van der Waals surface area contributed by atoms with Gasteiger partial charge in [-0.15, -0.1) is 0 Å². The van der Waals surface area contributed by atoms with Gasteiger partial charge in [-0.25, -0.2) is 14.4 Å². The topological polar surface area (TPSA) is 217 Å². The third kappa shape index (κ3) is 16.6. The van der Waals surface area contributed by atoms with Gasteiger partial charge in [0.15, 0.2) is 0 Å². The van der Waals surface area contributed by atoms with Crippen LogP contribution >= 0.6 is 0 Å². The van der Waals surface area contributed by atoms with E-state index in [0.29, 0.717) is 70.6 Å². The van der Waals surface area contributed by atoms with Gasteiger partial charge < -0.3 is 55.5 Å². The second kappa shape index (κ2) is 24.7. The Hall–Kier alpha value is -5.91. The monoisotopic (exact) mass is 1000 g/mol. The van der Waals surface area contributed by atoms with Gasteiger partial charge in [0.05, 0.1) is 13.2 Å². The Bertz CT molecular complexity index is 2150. The van der Waals surface area contributed by atoms with E-state index in [1.807, 2.05) is 84.3 Å². The first-order chi connectivity index (χ1) is 34.0. The van der Waals surface area contributed by atoms with Crippen molar-refractivity contribution >= 4 is 41.8 Å². The van der Waals surface area contributed by atoms with Crippen molar-refractivity contribution in [3.05, 3.63) is 71.8 Å². The highest BCUT2D eigenvalue weighted by Gasteiger charge is 2.50. The molecule has 6 atom stereocenters. The predicted octanol–water partition coefficient (Wildman–Crippen LogP) is 5.18. The van der Waals surface area contributed by atoms with Gasteiger partial charge in [-0.2, -0.15) is 0 Å². The van der Waals surface area contributed by atoms with E-state index in [1.165, 1.54) is 0 Å². The maximum Gasteiger partial charge on any atom is 0.408 e. The zero-order valence-electron chi connectivity index (χ0n) is 43.8. The van der Waals surface area contributed by atoms with Crippen LogP contribution in [0.15, 0.2) is 60.7 Å². The van der Waals surface area contributed by atoms with Crippen molar-refractivity contribution in [2.24, 2.45) is 23.2 Å². The Kier molecular flexibility index (Phi) is 19.0. The summed E-state index contributed by atoms with van der Waals surface area (Å²) in [5.74, 6) is -1.25. The second-order valence-corrected chi connectivity index (χ2v) is 22.7. The predicted molar refractivity (Wildman–Crippen MR) is 271 cm³/mol. The number of alkyl carbamates (subject to hydrolysis) is 2. The maximum absolute atomic E-state index is 14.5. The van der Waals surface area contributed by atoms with Crippen LogP contribution in [0.3, 0.4) is 0 Å². The Morgan fingerprint density at radius 3 is 1.64 bits per heavy atom. The molecule has 0 aromatic heterocycles. The molecule has 5 N–H and O–H groups in total. The molecule has 0 radical (unpaired) electrons. The highest BCUT2D eigenvalue weighted by atomic mass is 16.6. The van der Waals surface area contributed by atoms with Gasteiger partial charge in [-0.3, -0.25) is 19.2 Å². The largest absolute Gasteiger partial charge is 0.444 e. The number of piperidine rings is 1. The summed E-state index contributed by atoms with van der Waals surface area (Å²) in [7, 11) is 0. The molecule has 18 nitrogen and oxygen atoms in total. The van der Waals surface area contributed by atoms with Crippen LogP contribution in [-0.2, 0) is 46.2 Å². The molecule has 2 unspecified atom stereocenters. The number of carbonyl (C=O) groups excluding carboxylic acids is 7. The molecule has 2 aromatic rings. The average molecular weight is 1000 g/mol. The molecule has 8 amide bonds. The Morgan fingerprint density at radius 2 is 1.11 bits per heavy atom. The molecule has 396 valence electrons. The smallest absolute Gasteiger partial charge is 0.408 e. The number of nitrogens with one attached hydrogen (secondary N) is 5. The summed E-state index contributed by atoms with van der Waals surface area (Å²) in [5, 5.41) is 14.3. The number of hydrogen-bond donors (Lipinski definition) is 5. The molecule has 4 saturated heterocycles. The van der Waals surface area contributed by atoms with Crippen LogP contribution in [0.5, 0.6) is 0 Å². The number of rotatable bonds is 19. The first kappa shape index (κ1) is 55.4. The number of carbonyl (C=O) groups is 7. The minimum Gasteiger partial charge on any atom is -0.444 e. The lowest BCUT2D eigenvalue weighted by Crippen LogP contribution is -2.65. The van der Waals surface area contributed by atoms with Crippen LogP contribution in [0.1, 0.15) is 105 Å². The van der Waals surface area contributed by atoms with Crippen LogP contribution < -0.4 is 26.6 Å². The third-order valence-corrected chi connectivity index (χ3v) is 13.7. The first-order valence-corrected chi connectivity index (χ1v) is 25.9. The first-order valence-electron chi connectivity index (χ1n) is 25.9. The van der Waals surface area contributed by atoms with E-state index < -0.39 is 65.3 Å². The van der Waals surface area contributed by atoms with Gasteiger partial charge in [0, 0.05) is 75.9 Å². The number of fused-ring (bicyclic) bond motifs is 1. The number of ether oxygens (including phenoxy) is 3. The second-order valence-electron chi connectivity index (χ2n) is 22.7. The normalized spacial score (nSPS) is 20.0. The molecule has 4 aliphatic heterocycles. The summed E-state index contributed by atoms with van der Waals surface area (Å²) in [6, 6.07) is 14.1. The Balaban J connectivity index is 1.14. The molecule has 0 bridgehead atoms. The summed E-state index contributed by atoms with van der Waals surface area (Å²) < 4.78 is 16.5. The lowest BCUT2D eigenvalue weighted by Gasteiger charge is -2.54. The molecule has 1 spiro atoms. The number of likely N-dealkylation sites (tertiary alicyclic amines) is 3. The van der Waals surface area contributed by atoms with Gasteiger partial charge in [0.1, 0.15) is 35.4 Å². The molecule has 4 aliphatic rings. The fraction of sp³-hybridized carbons (Fsp3) is 0.648. The van der Waals surface area contributed by atoms with Crippen molar-refractivity contribution in [1.82, 2.24) is 41.3 Å². The van der Waals surface area contributed by atoms with Gasteiger partial charge in [-0.1, -0.05) is 74.5 Å². The minimum atomic E-state index is -1.17. The fourth-order valence-corrected chi connectivity index (χ4v) is 10.0. The van der Waals surface area contributed by atoms with Gasteiger partial charge in [-0.05, 0) is 97.1 Å². The van der Waals surface area contributed by atoms with Crippen molar-refractivity contribution in [3.63, 3.8) is 0 Å². The van der Waals surface area contributed by atoms with Gasteiger partial charge in [0.2, 0.25) is 23.6 Å². The van der Waals surface area contributed by atoms with E-state index in [9.17, 15) is 33.6 Å². The summed E-state index contributed by atoms with van der Waals surface area (Å²) in [6.45, 7) is 19.8. The molecular formula is C54H80N8O10. The number of unbranched alkanes of at least 4 members (excludes halogenated alkanes) is 1. The quantitative estimate of drug-likeness (QED) is 0.116. The number of nitrogens with zero attached hydrogens (tertiary/aromatic N) is 3. The number of amides is 8. The van der Waals surface area contributed by atoms with Crippen molar-refractivity contribution < 1.29 is 47.8 Å². The molecule has 72 heavy (non-hydrogen) atoms. The van der Waals surface area contributed by atoms with Crippen LogP contribution in [0.2, 0.25) is 0 Å². The number of urea groups is 1. The van der Waals surface area contributed by atoms with Crippen LogP contribution in [0, 0.1) is 23.2 Å². The SMILES string of the molecule is CC(C)C[C@@H](NC(=O)[C@@H](Cc1ccccc1)NC(=O)[C@@H](Cc1ccccc1)NC(=O)OC(C)(C)C)C(=O)N[C@H](CCCCNC(=O)OC(C)(C)C)C(=O)N1CCC2(CC1)CN(C(=O)N1CC3COCC3C1)C2. The summed E-state index contributed by atoms with van der Waals surface area (Å²) in [4.78, 5) is 102. The zero-order chi connectivity index (χ0) is 52.2. The highest BCUT2D eigenvalue weighted by molar-refractivity contribution is 5.95. The molecule has 2 aromatic carbocycles. The highest BCUT2D eigenvalue weighted by Crippen LogP contribution is 2.42. The van der Waals surface area contributed by atoms with E-state index in [0.717, 1.165) is 37.1 Å². The van der Waals surface area contributed by atoms with Crippen molar-refractivity contribution in [1.29, 1.82) is 0 Å². The summed E-state index contributed by atoms with van der Waals surface area (Å²) >= 11 is 0. The summed E-state index contributed by atoms with van der Waals surface area (Å²) in [5.41, 5.74) is -0.0282. The molecule has 0 saturated carbocycles. The van der Waals surface area contributed by atoms with Crippen molar-refractivity contribution in [3.8, 4) is 0 Å². The molecule has 0 aliphatic carbocycles. The Morgan fingerprint density at radius 1 is 0.625 bits per heavy atom. The summed E-state index contributed by atoms with van der Waals surface area (Å²) in [6.07, 6.45) is 1.81. The van der Waals surface area contributed by atoms with E-state index in [-0.39, 0.29) is 49.0 Å². The fourth-order valence-electron chi connectivity index (χ4n) is 10.0. The van der Waals surface area contributed by atoms with Crippen LogP contribution in [0.4, 0.5) is 14.4 Å². The van der Waals surface area contributed by atoms with Crippen molar-refractivity contribution in [2.45, 2.75) is 142 Å². The van der Waals surface area contributed by atoms with E-state index in [2.05, 4.69) is 26.6 Å². The standard InChI is InChI=1S/C54H80N8O10/c1-36(2)27-42(57-46(64)43(28-37-17-11-9-12-18-37)58-47(65)44(29-38-19-13-10-14-20-38)59-50(68)72-53(6,7)8)45(63)56-41(21-15-16-24-55-49(67)71-52(3,4)5)48(66)60-25-22-54(23-26-60)34-62(35-54)51(69)61-30-39-32-70-33-40(39)31-61/h9-14,17-20,36,39-44H,15-16,21-35H2,1-8H3,(H,55,67)(H,56,63)(H,57,64)(H,58,65)(H,59,68)/t39?,40?,41-,42-,43-,44-/m1/s1. The van der Waals surface area contributed by atoms with E-state index in [1.54, 1.807) is 46.4 Å². The number of hydrogen-bond acceptors (Lipinski definition) is 10. The van der Waals surface area contributed by atoms with Crippen LogP contribution in [0.25, 0.3) is 0 Å². The average Bonchev–Trinajstić information content (AvgIpc) is 3.92. The molecular weight excluding hydrogens is 921 g/mol. The Labute approximate surface area is 425 Å². The van der Waals surface area contributed by atoms with Gasteiger partial charge >= 0.3 is 18.2 Å². The lowest BCUT2D eigenvalue weighted by molar-refractivity contribution is -0.141. The lowest BCUT2D eigenvalue weighted by atomic mass is 9.72. The molecule has 4 fully saturated rings. The maximum atomic E-state index is 14.5. The van der Waals surface area contributed by atoms with E-state index >= 15 is 0 Å².